The van der Waals surface area contributed by atoms with Gasteiger partial charge in [0.2, 0.25) is 5.91 Å². The van der Waals surface area contributed by atoms with Crippen LogP contribution in [0.3, 0.4) is 0 Å². The van der Waals surface area contributed by atoms with Crippen molar-refractivity contribution in [3.05, 3.63) is 32.6 Å². The number of carbonyl (C=O) groups is 1. The second-order valence-electron chi connectivity index (χ2n) is 6.76. The molecular weight excluding hydrogens is 308 g/mol. The molecule has 128 valence electrons. The topological polar surface area (TPSA) is 88.1 Å². The summed E-state index contributed by atoms with van der Waals surface area (Å²) in [5, 5.41) is 9.13. The van der Waals surface area contributed by atoms with E-state index in [1.54, 1.807) is 11.9 Å². The molecule has 0 saturated heterocycles. The third-order valence-corrected chi connectivity index (χ3v) is 5.07. The summed E-state index contributed by atoms with van der Waals surface area (Å²) in [5.41, 5.74) is -1.26. The molecule has 3 rings (SSSR count). The summed E-state index contributed by atoms with van der Waals surface area (Å²) >= 11 is 0. The molecule has 0 unspecified atom stereocenters. The van der Waals surface area contributed by atoms with Gasteiger partial charge in [0.1, 0.15) is 18.2 Å². The highest BCUT2D eigenvalue weighted by atomic mass is 16.2. The summed E-state index contributed by atoms with van der Waals surface area (Å²) in [5.74, 6) is -0.251. The fourth-order valence-corrected chi connectivity index (χ4v) is 3.37. The summed E-state index contributed by atoms with van der Waals surface area (Å²) in [6, 6.07) is 2.05. The molecule has 0 bridgehead atoms. The Bertz CT molecular complexity index is 792. The third-order valence-electron chi connectivity index (χ3n) is 5.07. The van der Waals surface area contributed by atoms with Gasteiger partial charge < -0.3 is 4.90 Å². The Morgan fingerprint density at radius 1 is 1.25 bits per heavy atom. The predicted molar refractivity (Wildman–Crippen MR) is 87.6 cm³/mol. The van der Waals surface area contributed by atoms with Crippen molar-refractivity contribution in [2.24, 2.45) is 0 Å². The van der Waals surface area contributed by atoms with Crippen LogP contribution >= 0.6 is 0 Å². The maximum absolute atomic E-state index is 12.5. The third kappa shape index (κ3) is 3.14. The first-order valence-electron chi connectivity index (χ1n) is 8.54. The zero-order valence-electron chi connectivity index (χ0n) is 13.9. The quantitative estimate of drug-likeness (QED) is 0.824. The average Bonchev–Trinajstić information content (AvgIpc) is 3.43. The molecule has 2 fully saturated rings. The van der Waals surface area contributed by atoms with Crippen molar-refractivity contribution < 1.29 is 4.79 Å². The second-order valence-corrected chi connectivity index (χ2v) is 6.76. The lowest BCUT2D eigenvalue weighted by Crippen LogP contribution is -2.47. The fourth-order valence-electron chi connectivity index (χ4n) is 3.37. The number of hydrogen-bond donors (Lipinski definition) is 0. The highest BCUT2D eigenvalue weighted by molar-refractivity contribution is 5.76. The molecular formula is C17H22N4O3. The molecule has 1 aromatic rings. The van der Waals surface area contributed by atoms with Crippen LogP contribution in [0.25, 0.3) is 0 Å². The summed E-state index contributed by atoms with van der Waals surface area (Å²) in [6.07, 6.45) is 8.35. The zero-order chi connectivity index (χ0) is 17.3. The van der Waals surface area contributed by atoms with Crippen LogP contribution in [-0.4, -0.2) is 33.0 Å². The molecule has 0 aliphatic heterocycles. The first kappa shape index (κ1) is 16.5. The van der Waals surface area contributed by atoms with Crippen LogP contribution in [0.4, 0.5) is 0 Å². The molecule has 0 atom stereocenters. The lowest BCUT2D eigenvalue weighted by Gasteiger charge is -2.31. The Balaban J connectivity index is 1.87. The van der Waals surface area contributed by atoms with Crippen molar-refractivity contribution in [2.45, 2.75) is 63.6 Å². The molecule has 7 heteroatoms. The number of hydrogen-bond acceptors (Lipinski definition) is 4. The van der Waals surface area contributed by atoms with E-state index in [0.717, 1.165) is 43.1 Å². The Morgan fingerprint density at radius 3 is 2.50 bits per heavy atom. The van der Waals surface area contributed by atoms with Crippen molar-refractivity contribution in [3.8, 4) is 6.07 Å². The minimum absolute atomic E-state index is 0.0441. The van der Waals surface area contributed by atoms with E-state index in [2.05, 4.69) is 0 Å². The number of amides is 1. The molecule has 2 aliphatic carbocycles. The largest absolute Gasteiger partial charge is 0.341 e. The van der Waals surface area contributed by atoms with E-state index in [1.165, 1.54) is 17.2 Å². The van der Waals surface area contributed by atoms with Crippen LogP contribution in [0.15, 0.2) is 15.8 Å². The number of likely N-dealkylation sites (N-methyl/N-ethyl adjacent to an activating group) is 1. The van der Waals surface area contributed by atoms with Gasteiger partial charge in [-0.1, -0.05) is 19.3 Å². The predicted octanol–water partition coefficient (Wildman–Crippen LogP) is 1.01. The van der Waals surface area contributed by atoms with E-state index in [9.17, 15) is 14.4 Å². The average molecular weight is 330 g/mol. The molecule has 7 nitrogen and oxygen atoms in total. The van der Waals surface area contributed by atoms with Gasteiger partial charge in [0.15, 0.2) is 0 Å². The SMILES string of the molecule is CN(C(=O)Cn1c(=O)c(C#N)cn(C2CC2)c1=O)C1CCCCC1. The van der Waals surface area contributed by atoms with Gasteiger partial charge in [-0.25, -0.2) is 9.36 Å². The summed E-state index contributed by atoms with van der Waals surface area (Å²) in [6.45, 7) is -0.299. The van der Waals surface area contributed by atoms with Gasteiger partial charge in [-0.15, -0.1) is 0 Å². The number of nitrogens with zero attached hydrogens (tertiary/aromatic N) is 4. The molecule has 0 radical (unpaired) electrons. The highest BCUT2D eigenvalue weighted by Crippen LogP contribution is 2.33. The monoisotopic (exact) mass is 330 g/mol. The number of rotatable bonds is 4. The molecule has 0 N–H and O–H groups in total. The van der Waals surface area contributed by atoms with Crippen LogP contribution < -0.4 is 11.2 Å². The number of nitriles is 1. The van der Waals surface area contributed by atoms with Gasteiger partial charge in [-0.05, 0) is 25.7 Å². The Hall–Kier alpha value is -2.36. The van der Waals surface area contributed by atoms with Gasteiger partial charge in [-0.2, -0.15) is 5.26 Å². The van der Waals surface area contributed by atoms with Gasteiger partial charge >= 0.3 is 5.69 Å². The highest BCUT2D eigenvalue weighted by Gasteiger charge is 2.28. The minimum atomic E-state index is -0.676. The molecule has 0 aromatic carbocycles. The van der Waals surface area contributed by atoms with Gasteiger partial charge in [-0.3, -0.25) is 14.2 Å². The number of carbonyl (C=O) groups excluding carboxylic acids is 1. The van der Waals surface area contributed by atoms with Crippen LogP contribution in [0.1, 0.15) is 56.6 Å². The smallest absolute Gasteiger partial charge is 0.331 e. The Kier molecular flexibility index (Phi) is 4.56. The molecule has 2 aliphatic rings. The lowest BCUT2D eigenvalue weighted by atomic mass is 9.94. The lowest BCUT2D eigenvalue weighted by molar-refractivity contribution is -0.133. The number of aromatic nitrogens is 2. The molecule has 1 heterocycles. The Morgan fingerprint density at radius 2 is 1.92 bits per heavy atom. The van der Waals surface area contributed by atoms with Gasteiger partial charge in [0, 0.05) is 25.3 Å². The van der Waals surface area contributed by atoms with E-state index >= 15 is 0 Å². The van der Waals surface area contributed by atoms with Gasteiger partial charge in [0.05, 0.1) is 0 Å². The molecule has 1 amide bonds. The maximum Gasteiger partial charge on any atom is 0.331 e. The van der Waals surface area contributed by atoms with Crippen LogP contribution in [0.5, 0.6) is 0 Å². The van der Waals surface area contributed by atoms with Crippen molar-refractivity contribution in [1.82, 2.24) is 14.0 Å². The van der Waals surface area contributed by atoms with Crippen molar-refractivity contribution >= 4 is 5.91 Å². The second kappa shape index (κ2) is 6.63. The van der Waals surface area contributed by atoms with E-state index < -0.39 is 11.2 Å². The van der Waals surface area contributed by atoms with Crippen molar-refractivity contribution in [1.29, 1.82) is 5.26 Å². The Labute approximate surface area is 140 Å². The minimum Gasteiger partial charge on any atom is -0.341 e. The van der Waals surface area contributed by atoms with Crippen molar-refractivity contribution in [2.75, 3.05) is 7.05 Å². The first-order chi connectivity index (χ1) is 11.5. The molecule has 24 heavy (non-hydrogen) atoms. The van der Waals surface area contributed by atoms with Crippen LogP contribution in [0.2, 0.25) is 0 Å². The molecule has 2 saturated carbocycles. The van der Waals surface area contributed by atoms with E-state index in [-0.39, 0.29) is 30.1 Å². The van der Waals surface area contributed by atoms with Crippen LogP contribution in [-0.2, 0) is 11.3 Å². The summed E-state index contributed by atoms with van der Waals surface area (Å²) in [7, 11) is 1.73. The van der Waals surface area contributed by atoms with Gasteiger partial charge in [0.25, 0.3) is 5.56 Å². The van der Waals surface area contributed by atoms with E-state index in [0.29, 0.717) is 0 Å². The van der Waals surface area contributed by atoms with E-state index in [4.69, 9.17) is 5.26 Å². The van der Waals surface area contributed by atoms with E-state index in [1.807, 2.05) is 6.07 Å². The molecule has 0 spiro atoms. The maximum atomic E-state index is 12.5. The first-order valence-corrected chi connectivity index (χ1v) is 8.54. The standard InChI is InChI=1S/C17H22N4O3/c1-19(13-5-3-2-4-6-13)15(22)11-21-16(23)12(9-18)10-20(17(21)24)14-7-8-14/h10,13-14H,2-8,11H2,1H3. The summed E-state index contributed by atoms with van der Waals surface area (Å²) in [4.78, 5) is 39.0. The summed E-state index contributed by atoms with van der Waals surface area (Å²) < 4.78 is 2.34. The normalized spacial score (nSPS) is 18.2. The fraction of sp³-hybridized carbons (Fsp3) is 0.647. The zero-order valence-corrected chi connectivity index (χ0v) is 13.9. The van der Waals surface area contributed by atoms with Crippen molar-refractivity contribution in [3.63, 3.8) is 0 Å². The molecule has 1 aromatic heterocycles. The van der Waals surface area contributed by atoms with Crippen LogP contribution in [0, 0.1) is 11.3 Å².